The highest BCUT2D eigenvalue weighted by Gasteiger charge is 2.70. The Morgan fingerprint density at radius 2 is 1.56 bits per heavy atom. The summed E-state index contributed by atoms with van der Waals surface area (Å²) in [6, 6.07) is -3.31. The van der Waals surface area contributed by atoms with Gasteiger partial charge in [-0.2, -0.15) is 0 Å². The number of rotatable bonds is 15. The Kier molecular flexibility index (Phi) is 12.2. The molecule has 5 atom stereocenters. The third kappa shape index (κ3) is 9.04. The summed E-state index contributed by atoms with van der Waals surface area (Å²) in [5, 5.41) is 11.5. The van der Waals surface area contributed by atoms with E-state index in [0.717, 1.165) is 70.6 Å². The van der Waals surface area contributed by atoms with Crippen molar-refractivity contribution in [3.63, 3.8) is 0 Å². The van der Waals surface area contributed by atoms with E-state index >= 15 is 0 Å². The van der Waals surface area contributed by atoms with Crippen LogP contribution in [0.5, 0.6) is 0 Å². The lowest BCUT2D eigenvalue weighted by molar-refractivity contribution is -0.144. The van der Waals surface area contributed by atoms with E-state index in [9.17, 15) is 32.4 Å². The number of nitrogens with zero attached hydrogens (tertiary/aromatic N) is 1. The minimum absolute atomic E-state index is 0.0812. The first-order chi connectivity index (χ1) is 24.4. The number of amides is 5. The Morgan fingerprint density at radius 1 is 0.923 bits per heavy atom. The zero-order valence-corrected chi connectivity index (χ0v) is 32.9. The Balaban J connectivity index is 1.37. The van der Waals surface area contributed by atoms with Gasteiger partial charge in [-0.25, -0.2) is 13.2 Å². The van der Waals surface area contributed by atoms with Crippen LogP contribution in [-0.4, -0.2) is 90.1 Å². The van der Waals surface area contributed by atoms with E-state index in [-0.39, 0.29) is 41.4 Å². The van der Waals surface area contributed by atoms with Gasteiger partial charge in [-0.1, -0.05) is 71.3 Å². The van der Waals surface area contributed by atoms with E-state index in [0.29, 0.717) is 31.7 Å². The van der Waals surface area contributed by atoms with Gasteiger partial charge < -0.3 is 26.2 Å². The van der Waals surface area contributed by atoms with E-state index in [1.807, 2.05) is 0 Å². The lowest BCUT2D eigenvalue weighted by atomic mass is 9.82. The standard InChI is InChI=1S/C39H63N5O7S/c1-7-22-40-34(47)32(45)28(19-18-25-16-17-25)41-33(46)31-29-27(38(29,5)6)23-44(31)35(48)30(26-14-10-8-11-15-26)42-36(49)43-39(20-12-9-13-21-39)24-52(50,51)37(2,3)4/h7,25-31H,1,8-24H2,2-6H3,(H,40,47)(H,41,46)(H2,42,43,49)/t27-,28?,29-,30-,31-/m0/s1. The van der Waals surface area contributed by atoms with Crippen LogP contribution < -0.4 is 21.3 Å². The van der Waals surface area contributed by atoms with Gasteiger partial charge in [0.05, 0.1) is 22.1 Å². The largest absolute Gasteiger partial charge is 0.346 e. The van der Waals surface area contributed by atoms with Crippen molar-refractivity contribution in [1.29, 1.82) is 0 Å². The molecule has 4 saturated carbocycles. The average molecular weight is 746 g/mol. The van der Waals surface area contributed by atoms with Crippen molar-refractivity contribution < 1.29 is 32.4 Å². The van der Waals surface area contributed by atoms with Gasteiger partial charge in [-0.05, 0) is 88.4 Å². The number of carbonyl (C=O) groups excluding carboxylic acids is 5. The van der Waals surface area contributed by atoms with Gasteiger partial charge in [0, 0.05) is 13.1 Å². The summed E-state index contributed by atoms with van der Waals surface area (Å²) in [5.41, 5.74) is -1.12. The SMILES string of the molecule is C=CCNC(=O)C(=O)C(CCC1CC1)NC(=O)[C@@H]1[C@@H]2[C@H](CN1C(=O)[C@@H](NC(=O)NC1(CS(=O)(=O)C(C)(C)C)CCCCC1)C1CCCCC1)C2(C)C. The molecule has 0 bridgehead atoms. The molecular formula is C39H63N5O7S. The Bertz CT molecular complexity index is 1490. The number of ketones is 1. The molecule has 1 unspecified atom stereocenters. The number of likely N-dealkylation sites (tertiary alicyclic amines) is 1. The van der Waals surface area contributed by atoms with Crippen LogP contribution in [0.2, 0.25) is 0 Å². The van der Waals surface area contributed by atoms with Crippen LogP contribution in [-0.2, 0) is 29.0 Å². The molecule has 1 aliphatic heterocycles. The Labute approximate surface area is 310 Å². The van der Waals surface area contributed by atoms with Gasteiger partial charge in [0.25, 0.3) is 5.91 Å². The predicted molar refractivity (Wildman–Crippen MR) is 200 cm³/mol. The molecule has 1 saturated heterocycles. The molecular weight excluding hydrogens is 683 g/mol. The van der Waals surface area contributed by atoms with Crippen molar-refractivity contribution in [2.75, 3.05) is 18.8 Å². The minimum Gasteiger partial charge on any atom is -0.346 e. The maximum Gasteiger partial charge on any atom is 0.315 e. The summed E-state index contributed by atoms with van der Waals surface area (Å²) in [6.45, 7) is 13.3. The van der Waals surface area contributed by atoms with E-state index in [1.54, 1.807) is 25.7 Å². The second kappa shape index (κ2) is 15.8. The summed E-state index contributed by atoms with van der Waals surface area (Å²) in [4.78, 5) is 70.6. The lowest BCUT2D eigenvalue weighted by Crippen LogP contribution is -2.63. The van der Waals surface area contributed by atoms with Crippen molar-refractivity contribution in [3.05, 3.63) is 12.7 Å². The van der Waals surface area contributed by atoms with E-state index in [2.05, 4.69) is 41.7 Å². The van der Waals surface area contributed by atoms with Gasteiger partial charge in [-0.15, -0.1) is 6.58 Å². The molecule has 292 valence electrons. The summed E-state index contributed by atoms with van der Waals surface area (Å²) in [6.07, 6.45) is 12.7. The quantitative estimate of drug-likeness (QED) is 0.144. The summed E-state index contributed by atoms with van der Waals surface area (Å²) in [5.74, 6) is -2.12. The fourth-order valence-corrected chi connectivity index (χ4v) is 10.6. The molecule has 0 aromatic rings. The smallest absolute Gasteiger partial charge is 0.315 e. The van der Waals surface area contributed by atoms with Gasteiger partial charge in [-0.3, -0.25) is 19.2 Å². The normalized spacial score (nSPS) is 26.6. The van der Waals surface area contributed by atoms with Gasteiger partial charge in [0.15, 0.2) is 9.84 Å². The van der Waals surface area contributed by atoms with Crippen LogP contribution in [0.3, 0.4) is 0 Å². The van der Waals surface area contributed by atoms with Crippen molar-refractivity contribution in [3.8, 4) is 0 Å². The van der Waals surface area contributed by atoms with Crippen LogP contribution in [0.4, 0.5) is 4.79 Å². The summed E-state index contributed by atoms with van der Waals surface area (Å²) in [7, 11) is -3.56. The van der Waals surface area contributed by atoms with Gasteiger partial charge >= 0.3 is 6.03 Å². The van der Waals surface area contributed by atoms with Crippen LogP contribution in [0, 0.1) is 29.1 Å². The third-order valence-electron chi connectivity index (χ3n) is 12.8. The molecule has 4 aliphatic carbocycles. The van der Waals surface area contributed by atoms with Gasteiger partial charge in [0.2, 0.25) is 17.6 Å². The van der Waals surface area contributed by atoms with Gasteiger partial charge in [0.1, 0.15) is 12.1 Å². The molecule has 4 N–H and O–H groups in total. The zero-order valence-electron chi connectivity index (χ0n) is 32.1. The predicted octanol–water partition coefficient (Wildman–Crippen LogP) is 4.18. The van der Waals surface area contributed by atoms with Crippen molar-refractivity contribution in [2.24, 2.45) is 29.1 Å². The number of Topliss-reactive ketones (excluding diaryl/α,β-unsaturated/α-hetero) is 1. The van der Waals surface area contributed by atoms with E-state index in [1.165, 1.54) is 6.08 Å². The highest BCUT2D eigenvalue weighted by molar-refractivity contribution is 7.92. The van der Waals surface area contributed by atoms with Crippen LogP contribution in [0.15, 0.2) is 12.7 Å². The minimum atomic E-state index is -3.56. The number of fused-ring (bicyclic) bond motifs is 1. The first-order valence-corrected chi connectivity index (χ1v) is 21.4. The molecule has 13 heteroatoms. The monoisotopic (exact) mass is 745 g/mol. The van der Waals surface area contributed by atoms with Crippen LogP contribution in [0.1, 0.15) is 125 Å². The zero-order chi connectivity index (χ0) is 38.1. The molecule has 5 rings (SSSR count). The fourth-order valence-electron chi connectivity index (χ4n) is 9.12. The topological polar surface area (TPSA) is 171 Å². The Hall–Kier alpha value is -2.96. The molecule has 0 aromatic heterocycles. The molecule has 52 heavy (non-hydrogen) atoms. The van der Waals surface area contributed by atoms with Crippen molar-refractivity contribution in [2.45, 2.75) is 153 Å². The first kappa shape index (κ1) is 40.2. The van der Waals surface area contributed by atoms with Crippen LogP contribution >= 0.6 is 0 Å². The third-order valence-corrected chi connectivity index (χ3v) is 15.6. The summed E-state index contributed by atoms with van der Waals surface area (Å²) < 4.78 is 25.8. The number of carbonyl (C=O) groups is 5. The maximum absolute atomic E-state index is 14.7. The molecule has 5 aliphatic rings. The number of nitrogens with one attached hydrogen (secondary N) is 4. The molecule has 1 heterocycles. The van der Waals surface area contributed by atoms with E-state index < -0.39 is 61.9 Å². The van der Waals surface area contributed by atoms with E-state index in [4.69, 9.17) is 0 Å². The molecule has 5 fully saturated rings. The molecule has 0 radical (unpaired) electrons. The molecule has 0 aromatic carbocycles. The second-order valence-electron chi connectivity index (χ2n) is 18.0. The number of piperidine rings is 1. The Morgan fingerprint density at radius 3 is 2.15 bits per heavy atom. The van der Waals surface area contributed by atoms with Crippen LogP contribution in [0.25, 0.3) is 0 Å². The van der Waals surface area contributed by atoms with Crippen molar-refractivity contribution >= 4 is 39.4 Å². The molecule has 0 spiro atoms. The highest BCUT2D eigenvalue weighted by Crippen LogP contribution is 2.65. The first-order valence-electron chi connectivity index (χ1n) is 19.8. The number of hydrogen-bond donors (Lipinski definition) is 4. The van der Waals surface area contributed by atoms with Crippen molar-refractivity contribution in [1.82, 2.24) is 26.2 Å². The molecule has 12 nitrogen and oxygen atoms in total. The maximum atomic E-state index is 14.7. The highest BCUT2D eigenvalue weighted by atomic mass is 32.2. The number of sulfone groups is 1. The average Bonchev–Trinajstić information content (AvgIpc) is 3.95. The number of urea groups is 1. The molecule has 5 amide bonds. The number of hydrogen-bond acceptors (Lipinski definition) is 7. The fraction of sp³-hybridized carbons (Fsp3) is 0.821. The lowest BCUT2D eigenvalue weighted by Gasteiger charge is -2.41. The summed E-state index contributed by atoms with van der Waals surface area (Å²) >= 11 is 0. The second-order valence-corrected chi connectivity index (χ2v) is 20.8.